The first-order chi connectivity index (χ1) is 14.4. The van der Waals surface area contributed by atoms with Gasteiger partial charge in [-0.1, -0.05) is 72.9 Å². The minimum absolute atomic E-state index is 0.0675. The summed E-state index contributed by atoms with van der Waals surface area (Å²) >= 11 is 13.5. The number of amides is 2. The van der Waals surface area contributed by atoms with Crippen LogP contribution in [0.5, 0.6) is 0 Å². The summed E-state index contributed by atoms with van der Waals surface area (Å²) in [6, 6.07) is 14.7. The Kier molecular flexibility index (Phi) is 10.6. The molecule has 1 atom stereocenters. The van der Waals surface area contributed by atoms with Crippen molar-refractivity contribution in [2.45, 2.75) is 45.0 Å². The molecule has 0 saturated carbocycles. The lowest BCUT2D eigenvalue weighted by molar-refractivity contribution is -0.138. The van der Waals surface area contributed by atoms with Crippen LogP contribution in [0.2, 0.25) is 10.0 Å². The molecule has 0 saturated heterocycles. The van der Waals surface area contributed by atoms with Gasteiger partial charge in [-0.3, -0.25) is 9.59 Å². The molecule has 0 aliphatic rings. The summed E-state index contributed by atoms with van der Waals surface area (Å²) in [6.07, 6.45) is 1.93. The van der Waals surface area contributed by atoms with Gasteiger partial charge in [0, 0.05) is 18.8 Å². The van der Waals surface area contributed by atoms with Gasteiger partial charge in [0.2, 0.25) is 11.8 Å². The molecular formula is C23H28Cl2N2O2S. The van der Waals surface area contributed by atoms with E-state index in [0.717, 1.165) is 24.0 Å². The molecule has 7 heteroatoms. The summed E-state index contributed by atoms with van der Waals surface area (Å²) < 4.78 is 0. The zero-order valence-electron chi connectivity index (χ0n) is 17.4. The van der Waals surface area contributed by atoms with Crippen LogP contribution in [0.1, 0.15) is 37.8 Å². The van der Waals surface area contributed by atoms with Crippen LogP contribution in [0, 0.1) is 0 Å². The molecule has 0 radical (unpaired) electrons. The summed E-state index contributed by atoms with van der Waals surface area (Å²) in [5.74, 6) is 0.725. The number of carbonyl (C=O) groups is 2. The number of hydrogen-bond donors (Lipinski definition) is 1. The molecule has 1 N–H and O–H groups in total. The number of nitrogens with zero attached hydrogens (tertiary/aromatic N) is 1. The van der Waals surface area contributed by atoms with Crippen molar-refractivity contribution < 1.29 is 9.59 Å². The zero-order valence-corrected chi connectivity index (χ0v) is 19.7. The Morgan fingerprint density at radius 2 is 1.80 bits per heavy atom. The predicted molar refractivity (Wildman–Crippen MR) is 127 cm³/mol. The molecule has 2 aromatic rings. The van der Waals surface area contributed by atoms with Crippen molar-refractivity contribution >= 4 is 46.8 Å². The molecule has 2 aromatic carbocycles. The highest BCUT2D eigenvalue weighted by atomic mass is 35.5. The minimum Gasteiger partial charge on any atom is -0.354 e. The number of benzene rings is 2. The highest BCUT2D eigenvalue weighted by Crippen LogP contribution is 2.25. The van der Waals surface area contributed by atoms with E-state index in [1.807, 2.05) is 42.5 Å². The van der Waals surface area contributed by atoms with Crippen LogP contribution >= 0.6 is 35.0 Å². The van der Waals surface area contributed by atoms with E-state index in [1.165, 1.54) is 11.8 Å². The average molecular weight is 467 g/mol. The molecule has 0 fully saturated rings. The molecular weight excluding hydrogens is 439 g/mol. The van der Waals surface area contributed by atoms with Crippen LogP contribution in [0.4, 0.5) is 0 Å². The third-order valence-electron chi connectivity index (χ3n) is 4.67. The summed E-state index contributed by atoms with van der Waals surface area (Å²) in [4.78, 5) is 27.2. The lowest BCUT2D eigenvalue weighted by Gasteiger charge is -2.28. The molecule has 30 heavy (non-hydrogen) atoms. The average Bonchev–Trinajstić information content (AvgIpc) is 2.74. The Morgan fingerprint density at radius 1 is 1.07 bits per heavy atom. The van der Waals surface area contributed by atoms with Crippen molar-refractivity contribution in [3.63, 3.8) is 0 Å². The van der Waals surface area contributed by atoms with Gasteiger partial charge >= 0.3 is 0 Å². The first-order valence-corrected chi connectivity index (χ1v) is 12.0. The number of nitrogens with one attached hydrogen (secondary N) is 1. The van der Waals surface area contributed by atoms with E-state index < -0.39 is 6.04 Å². The largest absolute Gasteiger partial charge is 0.354 e. The molecule has 0 aliphatic heterocycles. The summed E-state index contributed by atoms with van der Waals surface area (Å²) in [5, 5.41) is 3.95. The van der Waals surface area contributed by atoms with Crippen LogP contribution in [0.25, 0.3) is 0 Å². The summed E-state index contributed by atoms with van der Waals surface area (Å²) in [7, 11) is 0. The molecule has 4 nitrogen and oxygen atoms in total. The fraction of sp³-hybridized carbons (Fsp3) is 0.391. The van der Waals surface area contributed by atoms with Crippen LogP contribution < -0.4 is 5.32 Å². The molecule has 0 aromatic heterocycles. The lowest BCUT2D eigenvalue weighted by atomic mass is 10.1. The van der Waals surface area contributed by atoms with E-state index in [0.29, 0.717) is 28.9 Å². The maximum Gasteiger partial charge on any atom is 0.242 e. The molecule has 2 rings (SSSR count). The van der Waals surface area contributed by atoms with E-state index in [1.54, 1.807) is 17.9 Å². The van der Waals surface area contributed by atoms with Crippen molar-refractivity contribution in [2.24, 2.45) is 0 Å². The number of thioether (sulfide) groups is 1. The second-order valence-electron chi connectivity index (χ2n) is 7.07. The SMILES string of the molecule is CCCCNC(=O)C(C)N(Cc1ccccc1)C(=O)CSCc1ccc(Cl)c(Cl)c1. The van der Waals surface area contributed by atoms with Gasteiger partial charge in [0.25, 0.3) is 0 Å². The molecule has 1 unspecified atom stereocenters. The van der Waals surface area contributed by atoms with Crippen LogP contribution in [-0.2, 0) is 21.9 Å². The van der Waals surface area contributed by atoms with E-state index >= 15 is 0 Å². The molecule has 0 bridgehead atoms. The summed E-state index contributed by atoms with van der Waals surface area (Å²) in [5.41, 5.74) is 2.00. The van der Waals surface area contributed by atoms with Crippen LogP contribution in [0.15, 0.2) is 48.5 Å². The van der Waals surface area contributed by atoms with Gasteiger partial charge in [0.15, 0.2) is 0 Å². The monoisotopic (exact) mass is 466 g/mol. The van der Waals surface area contributed by atoms with Gasteiger partial charge in [-0.2, -0.15) is 0 Å². The fourth-order valence-electron chi connectivity index (χ4n) is 2.87. The molecule has 0 spiro atoms. The first-order valence-electron chi connectivity index (χ1n) is 10.0. The van der Waals surface area contributed by atoms with Crippen molar-refractivity contribution in [3.8, 4) is 0 Å². The minimum atomic E-state index is -0.542. The van der Waals surface area contributed by atoms with Gasteiger partial charge in [0.05, 0.1) is 15.8 Å². The van der Waals surface area contributed by atoms with E-state index in [4.69, 9.17) is 23.2 Å². The van der Waals surface area contributed by atoms with Gasteiger partial charge in [0.1, 0.15) is 6.04 Å². The Bertz CT molecular complexity index is 833. The fourth-order valence-corrected chi connectivity index (χ4v) is 4.05. The number of hydrogen-bond acceptors (Lipinski definition) is 3. The number of carbonyl (C=O) groups excluding carboxylic acids is 2. The van der Waals surface area contributed by atoms with E-state index in [-0.39, 0.29) is 17.6 Å². The number of unbranched alkanes of at least 4 members (excludes halogenated alkanes) is 1. The second-order valence-corrected chi connectivity index (χ2v) is 8.87. The van der Waals surface area contributed by atoms with E-state index in [9.17, 15) is 9.59 Å². The second kappa shape index (κ2) is 12.9. The first kappa shape index (κ1) is 24.6. The van der Waals surface area contributed by atoms with E-state index in [2.05, 4.69) is 12.2 Å². The maximum atomic E-state index is 13.0. The Hall–Kier alpha value is -1.69. The molecule has 162 valence electrons. The number of rotatable bonds is 11. The van der Waals surface area contributed by atoms with Crippen molar-refractivity contribution in [2.75, 3.05) is 12.3 Å². The van der Waals surface area contributed by atoms with Crippen LogP contribution in [0.3, 0.4) is 0 Å². The quantitative estimate of drug-likeness (QED) is 0.440. The Labute approximate surface area is 193 Å². The number of halogens is 2. The third kappa shape index (κ3) is 7.86. The molecule has 0 heterocycles. The third-order valence-corrected chi connectivity index (χ3v) is 6.40. The van der Waals surface area contributed by atoms with Crippen molar-refractivity contribution in [3.05, 3.63) is 69.7 Å². The van der Waals surface area contributed by atoms with Crippen LogP contribution in [-0.4, -0.2) is 35.1 Å². The molecule has 2 amide bonds. The summed E-state index contributed by atoms with van der Waals surface area (Å²) in [6.45, 7) is 4.88. The Balaban J connectivity index is 2.01. The van der Waals surface area contributed by atoms with Crippen molar-refractivity contribution in [1.82, 2.24) is 10.2 Å². The highest BCUT2D eigenvalue weighted by molar-refractivity contribution is 7.99. The Morgan fingerprint density at radius 3 is 2.47 bits per heavy atom. The zero-order chi connectivity index (χ0) is 21.9. The maximum absolute atomic E-state index is 13.0. The highest BCUT2D eigenvalue weighted by Gasteiger charge is 2.25. The molecule has 0 aliphatic carbocycles. The van der Waals surface area contributed by atoms with Gasteiger partial charge in [-0.25, -0.2) is 0 Å². The van der Waals surface area contributed by atoms with Crippen molar-refractivity contribution in [1.29, 1.82) is 0 Å². The van der Waals surface area contributed by atoms with Gasteiger partial charge in [-0.05, 0) is 36.6 Å². The van der Waals surface area contributed by atoms with Gasteiger partial charge < -0.3 is 10.2 Å². The predicted octanol–water partition coefficient (Wildman–Crippen LogP) is 5.56. The normalized spacial score (nSPS) is 11.7. The standard InChI is InChI=1S/C23H28Cl2N2O2S/c1-3-4-12-26-23(29)17(2)27(14-18-8-6-5-7-9-18)22(28)16-30-15-19-10-11-20(24)21(25)13-19/h5-11,13,17H,3-4,12,14-16H2,1-2H3,(H,26,29). The topological polar surface area (TPSA) is 49.4 Å². The van der Waals surface area contributed by atoms with Gasteiger partial charge in [-0.15, -0.1) is 11.8 Å². The smallest absolute Gasteiger partial charge is 0.242 e. The lowest BCUT2D eigenvalue weighted by Crippen LogP contribution is -2.48.